The van der Waals surface area contributed by atoms with E-state index in [1.165, 1.54) is 0 Å². The van der Waals surface area contributed by atoms with Crippen LogP contribution in [0.1, 0.15) is 26.3 Å². The molecule has 17 heavy (non-hydrogen) atoms. The lowest BCUT2D eigenvalue weighted by Gasteiger charge is -2.08. The van der Waals surface area contributed by atoms with Gasteiger partial charge in [0, 0.05) is 5.92 Å². The normalized spacial score (nSPS) is 13.4. The summed E-state index contributed by atoms with van der Waals surface area (Å²) in [7, 11) is -3.13. The van der Waals surface area contributed by atoms with Crippen LogP contribution in [0.4, 0.5) is 0 Å². The topological polar surface area (TPSA) is 51.2 Å². The molecule has 1 aromatic carbocycles. The molecule has 0 aliphatic carbocycles. The molecule has 0 spiro atoms. The zero-order valence-electron chi connectivity index (χ0n) is 10.4. The van der Waals surface area contributed by atoms with Gasteiger partial charge in [0.15, 0.2) is 9.84 Å². The molecule has 0 heterocycles. The van der Waals surface area contributed by atoms with E-state index in [4.69, 9.17) is 0 Å². The third-order valence-corrected chi connectivity index (χ3v) is 4.65. The predicted molar refractivity (Wildman–Crippen MR) is 67.7 cm³/mol. The van der Waals surface area contributed by atoms with Crippen LogP contribution < -0.4 is 0 Å². The highest BCUT2D eigenvalue weighted by Crippen LogP contribution is 2.15. The van der Waals surface area contributed by atoms with Gasteiger partial charge in [0.05, 0.1) is 10.6 Å². The number of ketones is 1. The average Bonchev–Trinajstić information content (AvgIpc) is 2.29. The fourth-order valence-corrected chi connectivity index (χ4v) is 2.38. The molecule has 0 N–H and O–H groups in total. The number of sulfone groups is 1. The molecule has 3 nitrogen and oxygen atoms in total. The minimum absolute atomic E-state index is 0.0244. The zero-order chi connectivity index (χ0) is 13.1. The van der Waals surface area contributed by atoms with Gasteiger partial charge in [-0.05, 0) is 31.0 Å². The number of hydrogen-bond donors (Lipinski definition) is 0. The van der Waals surface area contributed by atoms with Crippen LogP contribution in [0.25, 0.3) is 0 Å². The third kappa shape index (κ3) is 3.66. The van der Waals surface area contributed by atoms with Gasteiger partial charge in [-0.3, -0.25) is 4.79 Å². The van der Waals surface area contributed by atoms with Crippen molar-refractivity contribution in [1.82, 2.24) is 0 Å². The summed E-state index contributed by atoms with van der Waals surface area (Å²) in [5.74, 6) is 0.231. The van der Waals surface area contributed by atoms with Crippen LogP contribution in [-0.2, 0) is 21.1 Å². The van der Waals surface area contributed by atoms with Gasteiger partial charge in [0.25, 0.3) is 0 Å². The molecule has 0 radical (unpaired) electrons. The number of hydrogen-bond acceptors (Lipinski definition) is 3. The Balaban J connectivity index is 2.86. The Morgan fingerprint density at radius 2 is 1.76 bits per heavy atom. The van der Waals surface area contributed by atoms with Gasteiger partial charge in [-0.25, -0.2) is 8.42 Å². The van der Waals surface area contributed by atoms with Crippen LogP contribution in [0, 0.1) is 5.92 Å². The zero-order valence-corrected chi connectivity index (χ0v) is 11.3. The first kappa shape index (κ1) is 13.9. The van der Waals surface area contributed by atoms with Crippen molar-refractivity contribution in [3.8, 4) is 0 Å². The summed E-state index contributed by atoms with van der Waals surface area (Å²) in [4.78, 5) is 11.5. The van der Waals surface area contributed by atoms with Gasteiger partial charge >= 0.3 is 0 Å². The highest BCUT2D eigenvalue weighted by molar-refractivity contribution is 7.91. The second-order valence-electron chi connectivity index (χ2n) is 4.26. The molecule has 4 heteroatoms. The summed E-state index contributed by atoms with van der Waals surface area (Å²) in [5.41, 5.74) is 0.989. The van der Waals surface area contributed by atoms with Crippen LogP contribution in [0.3, 0.4) is 0 Å². The number of carbonyl (C=O) groups is 1. The second kappa shape index (κ2) is 5.45. The number of benzene rings is 1. The van der Waals surface area contributed by atoms with E-state index >= 15 is 0 Å². The predicted octanol–water partition coefficient (Wildman–Crippen LogP) is 2.25. The van der Waals surface area contributed by atoms with Crippen molar-refractivity contribution >= 4 is 15.6 Å². The SMILES string of the molecule is CCS(=O)(=O)c1ccc(CC(C)C(C)=O)cc1. The Kier molecular flexibility index (Phi) is 4.46. The quantitative estimate of drug-likeness (QED) is 0.809. The lowest BCUT2D eigenvalue weighted by molar-refractivity contribution is -0.120. The molecule has 0 amide bonds. The molecule has 0 aromatic heterocycles. The molecule has 1 atom stereocenters. The molecular formula is C13H18O3S. The fourth-order valence-electron chi connectivity index (χ4n) is 1.50. The molecule has 94 valence electrons. The highest BCUT2D eigenvalue weighted by Gasteiger charge is 2.12. The van der Waals surface area contributed by atoms with Crippen molar-refractivity contribution in [2.75, 3.05) is 5.75 Å². The van der Waals surface area contributed by atoms with E-state index in [1.54, 1.807) is 38.1 Å². The maximum absolute atomic E-state index is 11.6. The number of carbonyl (C=O) groups excluding carboxylic acids is 1. The Bertz CT molecular complexity index is 486. The van der Waals surface area contributed by atoms with Crippen LogP contribution >= 0.6 is 0 Å². The minimum Gasteiger partial charge on any atom is -0.300 e. The van der Waals surface area contributed by atoms with E-state index in [-0.39, 0.29) is 17.5 Å². The van der Waals surface area contributed by atoms with Gasteiger partial charge < -0.3 is 0 Å². The van der Waals surface area contributed by atoms with Gasteiger partial charge in [-0.1, -0.05) is 26.0 Å². The van der Waals surface area contributed by atoms with Crippen molar-refractivity contribution in [2.24, 2.45) is 5.92 Å². The van der Waals surface area contributed by atoms with E-state index in [9.17, 15) is 13.2 Å². The van der Waals surface area contributed by atoms with Crippen molar-refractivity contribution in [2.45, 2.75) is 32.1 Å². The maximum atomic E-state index is 11.6. The van der Waals surface area contributed by atoms with E-state index in [1.807, 2.05) is 6.92 Å². The Morgan fingerprint density at radius 1 is 1.24 bits per heavy atom. The summed E-state index contributed by atoms with van der Waals surface area (Å²) in [6.07, 6.45) is 0.655. The van der Waals surface area contributed by atoms with Crippen molar-refractivity contribution in [3.63, 3.8) is 0 Å². The lowest BCUT2D eigenvalue weighted by atomic mass is 9.98. The molecule has 1 unspecified atom stereocenters. The lowest BCUT2D eigenvalue weighted by Crippen LogP contribution is -2.09. The first-order valence-electron chi connectivity index (χ1n) is 5.69. The number of Topliss-reactive ketones (excluding diaryl/α,β-unsaturated/α-hetero) is 1. The third-order valence-electron chi connectivity index (χ3n) is 2.90. The molecule has 0 aliphatic rings. The first-order valence-corrected chi connectivity index (χ1v) is 7.34. The summed E-state index contributed by atoms with van der Waals surface area (Å²) in [6.45, 7) is 5.07. The summed E-state index contributed by atoms with van der Waals surface area (Å²) < 4.78 is 23.2. The monoisotopic (exact) mass is 254 g/mol. The van der Waals surface area contributed by atoms with Crippen LogP contribution in [-0.4, -0.2) is 20.0 Å². The average molecular weight is 254 g/mol. The smallest absolute Gasteiger partial charge is 0.178 e. The highest BCUT2D eigenvalue weighted by atomic mass is 32.2. The first-order chi connectivity index (χ1) is 7.86. The van der Waals surface area contributed by atoms with Crippen LogP contribution in [0.5, 0.6) is 0 Å². The van der Waals surface area contributed by atoms with Gasteiger partial charge in [0.2, 0.25) is 0 Å². The Morgan fingerprint density at radius 3 is 2.18 bits per heavy atom. The fraction of sp³-hybridized carbons (Fsp3) is 0.462. The molecule has 0 fully saturated rings. The molecule has 1 rings (SSSR count). The Hall–Kier alpha value is -1.16. The number of rotatable bonds is 5. The molecular weight excluding hydrogens is 236 g/mol. The van der Waals surface area contributed by atoms with Crippen LogP contribution in [0.2, 0.25) is 0 Å². The van der Waals surface area contributed by atoms with Crippen molar-refractivity contribution < 1.29 is 13.2 Å². The molecule has 0 saturated carbocycles. The van der Waals surface area contributed by atoms with E-state index in [0.29, 0.717) is 11.3 Å². The van der Waals surface area contributed by atoms with E-state index in [0.717, 1.165) is 5.56 Å². The van der Waals surface area contributed by atoms with Crippen molar-refractivity contribution in [3.05, 3.63) is 29.8 Å². The minimum atomic E-state index is -3.13. The molecule has 1 aromatic rings. The van der Waals surface area contributed by atoms with E-state index < -0.39 is 9.84 Å². The summed E-state index contributed by atoms with van der Waals surface area (Å²) >= 11 is 0. The van der Waals surface area contributed by atoms with Gasteiger partial charge in [-0.2, -0.15) is 0 Å². The summed E-state index contributed by atoms with van der Waals surface area (Å²) in [6, 6.07) is 6.78. The maximum Gasteiger partial charge on any atom is 0.178 e. The Labute approximate surface area is 103 Å². The van der Waals surface area contributed by atoms with Crippen LogP contribution in [0.15, 0.2) is 29.2 Å². The largest absolute Gasteiger partial charge is 0.300 e. The second-order valence-corrected chi connectivity index (χ2v) is 6.54. The summed E-state index contributed by atoms with van der Waals surface area (Å²) in [5, 5.41) is 0. The molecule has 0 saturated heterocycles. The van der Waals surface area contributed by atoms with Crippen molar-refractivity contribution in [1.29, 1.82) is 0 Å². The van der Waals surface area contributed by atoms with Gasteiger partial charge in [0.1, 0.15) is 5.78 Å². The standard InChI is InChI=1S/C13H18O3S/c1-4-17(15,16)13-7-5-12(6-8-13)9-10(2)11(3)14/h5-8,10H,4,9H2,1-3H3. The van der Waals surface area contributed by atoms with E-state index in [2.05, 4.69) is 0 Å². The molecule has 0 aliphatic heterocycles. The molecule has 0 bridgehead atoms. The van der Waals surface area contributed by atoms with Gasteiger partial charge in [-0.15, -0.1) is 0 Å².